The summed E-state index contributed by atoms with van der Waals surface area (Å²) in [5, 5.41) is 7.00. The topological polar surface area (TPSA) is 67.1 Å². The maximum Gasteiger partial charge on any atom is 0.183 e. The van der Waals surface area contributed by atoms with Crippen LogP contribution in [0.4, 0.5) is 9.70 Å². The second-order valence-electron chi connectivity index (χ2n) is 8.72. The van der Waals surface area contributed by atoms with Crippen molar-refractivity contribution in [1.29, 1.82) is 0 Å². The number of imidazole rings is 1. The summed E-state index contributed by atoms with van der Waals surface area (Å²) in [6.45, 7) is 10.9. The number of hydrogen-bond acceptors (Lipinski definition) is 6. The second kappa shape index (κ2) is 13.4. The van der Waals surface area contributed by atoms with Crippen LogP contribution in [-0.2, 0) is 6.54 Å². The van der Waals surface area contributed by atoms with Crippen LogP contribution in [0.5, 0.6) is 0 Å². The molecule has 0 aliphatic rings. The fourth-order valence-electron chi connectivity index (χ4n) is 4.27. The molecule has 0 aliphatic carbocycles. The molecule has 0 saturated carbocycles. The SMILES string of the molecule is CCCCN(CCC)c1nc(C)nc2nc(-c3cccc(C)c3)n(Cc3ccc(SF)cc3)c12.CO. The average molecular weight is 510 g/mol. The Morgan fingerprint density at radius 2 is 1.69 bits per heavy atom. The number of aryl methyl sites for hydroxylation is 2. The highest BCUT2D eigenvalue weighted by atomic mass is 32.2. The van der Waals surface area contributed by atoms with Crippen LogP contribution in [0.2, 0.25) is 0 Å². The van der Waals surface area contributed by atoms with Crippen molar-refractivity contribution in [3.05, 3.63) is 65.5 Å². The third kappa shape index (κ3) is 6.42. The molecule has 1 N–H and O–H groups in total. The Hall–Kier alpha value is -2.97. The molecule has 0 aliphatic heterocycles. The number of nitrogens with zero attached hydrogens (tertiary/aromatic N) is 5. The minimum atomic E-state index is 0.265. The summed E-state index contributed by atoms with van der Waals surface area (Å²) >= 11 is 0.265. The van der Waals surface area contributed by atoms with Gasteiger partial charge in [0.05, 0.1) is 12.1 Å². The van der Waals surface area contributed by atoms with Crippen LogP contribution in [0.25, 0.3) is 22.6 Å². The Labute approximate surface area is 217 Å². The average Bonchev–Trinajstić information content (AvgIpc) is 3.25. The van der Waals surface area contributed by atoms with Crippen LogP contribution in [0, 0.1) is 13.8 Å². The summed E-state index contributed by atoms with van der Waals surface area (Å²) < 4.78 is 15.2. The molecule has 2 aromatic heterocycles. The zero-order valence-electron chi connectivity index (χ0n) is 21.8. The number of anilines is 1. The van der Waals surface area contributed by atoms with Gasteiger partial charge >= 0.3 is 0 Å². The Kier molecular flexibility index (Phi) is 10.3. The molecule has 4 aromatic rings. The normalized spacial score (nSPS) is 10.9. The van der Waals surface area contributed by atoms with E-state index in [9.17, 15) is 3.89 Å². The lowest BCUT2D eigenvalue weighted by Crippen LogP contribution is -2.27. The van der Waals surface area contributed by atoms with E-state index in [1.165, 1.54) is 5.56 Å². The van der Waals surface area contributed by atoms with Gasteiger partial charge < -0.3 is 14.6 Å². The third-order valence-electron chi connectivity index (χ3n) is 5.90. The quantitative estimate of drug-likeness (QED) is 0.255. The van der Waals surface area contributed by atoms with Gasteiger partial charge in [0.15, 0.2) is 11.5 Å². The largest absolute Gasteiger partial charge is 0.400 e. The first kappa shape index (κ1) is 27.6. The number of hydrogen-bond donors (Lipinski definition) is 1. The smallest absolute Gasteiger partial charge is 0.183 e. The summed E-state index contributed by atoms with van der Waals surface area (Å²) in [5.41, 5.74) is 4.97. The lowest BCUT2D eigenvalue weighted by molar-refractivity contribution is 0.399. The molecule has 192 valence electrons. The highest BCUT2D eigenvalue weighted by Gasteiger charge is 2.22. The highest BCUT2D eigenvalue weighted by molar-refractivity contribution is 7.94. The fourth-order valence-corrected chi connectivity index (χ4v) is 4.51. The van der Waals surface area contributed by atoms with Gasteiger partial charge in [-0.05, 0) is 50.5 Å². The zero-order valence-corrected chi connectivity index (χ0v) is 22.6. The molecule has 0 radical (unpaired) electrons. The maximum atomic E-state index is 13.0. The number of aliphatic hydroxyl groups excluding tert-OH is 1. The number of halogens is 1. The van der Waals surface area contributed by atoms with Crippen LogP contribution in [-0.4, -0.2) is 44.8 Å². The van der Waals surface area contributed by atoms with Gasteiger partial charge in [-0.25, -0.2) is 15.0 Å². The van der Waals surface area contributed by atoms with E-state index in [0.29, 0.717) is 17.1 Å². The number of benzene rings is 2. The number of rotatable bonds is 10. The minimum Gasteiger partial charge on any atom is -0.400 e. The van der Waals surface area contributed by atoms with Crippen molar-refractivity contribution in [2.45, 2.75) is 58.4 Å². The van der Waals surface area contributed by atoms with Crippen LogP contribution < -0.4 is 4.90 Å². The van der Waals surface area contributed by atoms with Crippen molar-refractivity contribution >= 4 is 29.1 Å². The Morgan fingerprint density at radius 1 is 0.944 bits per heavy atom. The number of fused-ring (bicyclic) bond motifs is 1. The molecule has 6 nitrogen and oxygen atoms in total. The summed E-state index contributed by atoms with van der Waals surface area (Å²) in [5.74, 6) is 2.54. The lowest BCUT2D eigenvalue weighted by atomic mass is 10.1. The van der Waals surface area contributed by atoms with Crippen molar-refractivity contribution < 1.29 is 8.99 Å². The molecule has 0 atom stereocenters. The van der Waals surface area contributed by atoms with Gasteiger partial charge in [-0.2, -0.15) is 3.89 Å². The molecule has 0 saturated heterocycles. The summed E-state index contributed by atoms with van der Waals surface area (Å²) in [6.07, 6.45) is 3.27. The molecule has 0 bridgehead atoms. The zero-order chi connectivity index (χ0) is 26.1. The third-order valence-corrected chi connectivity index (χ3v) is 6.35. The van der Waals surface area contributed by atoms with Gasteiger partial charge in [-0.1, -0.05) is 56.2 Å². The van der Waals surface area contributed by atoms with E-state index in [1.807, 2.05) is 31.2 Å². The predicted molar refractivity (Wildman–Crippen MR) is 148 cm³/mol. The number of aliphatic hydroxyl groups is 1. The number of unbranched alkanes of at least 4 members (excludes halogenated alkanes) is 1. The Bertz CT molecular complexity index is 1260. The van der Waals surface area contributed by atoms with Gasteiger partial charge in [0.2, 0.25) is 0 Å². The van der Waals surface area contributed by atoms with Crippen LogP contribution in [0.3, 0.4) is 0 Å². The lowest BCUT2D eigenvalue weighted by Gasteiger charge is -2.24. The van der Waals surface area contributed by atoms with Crippen LogP contribution >= 0.6 is 12.1 Å². The van der Waals surface area contributed by atoms with Gasteiger partial charge in [-0.3, -0.25) is 0 Å². The van der Waals surface area contributed by atoms with E-state index >= 15 is 0 Å². The molecule has 4 rings (SSSR count). The second-order valence-corrected chi connectivity index (χ2v) is 9.35. The molecule has 0 unspecified atom stereocenters. The molecule has 0 spiro atoms. The highest BCUT2D eigenvalue weighted by Crippen LogP contribution is 2.32. The van der Waals surface area contributed by atoms with Crippen molar-refractivity contribution in [2.24, 2.45) is 0 Å². The first-order chi connectivity index (χ1) is 17.5. The van der Waals surface area contributed by atoms with E-state index in [1.54, 1.807) is 0 Å². The van der Waals surface area contributed by atoms with Gasteiger partial charge in [-0.15, -0.1) is 0 Å². The molecule has 0 fully saturated rings. The van der Waals surface area contributed by atoms with Gasteiger partial charge in [0, 0.05) is 37.2 Å². The molecule has 0 amide bonds. The van der Waals surface area contributed by atoms with E-state index in [4.69, 9.17) is 20.1 Å². The van der Waals surface area contributed by atoms with Crippen molar-refractivity contribution in [2.75, 3.05) is 25.1 Å². The molecular weight excluding hydrogens is 473 g/mol. The monoisotopic (exact) mass is 509 g/mol. The molecule has 2 heterocycles. The molecule has 36 heavy (non-hydrogen) atoms. The maximum absolute atomic E-state index is 13.0. The minimum absolute atomic E-state index is 0.265. The van der Waals surface area contributed by atoms with Crippen molar-refractivity contribution in [3.8, 4) is 11.4 Å². The van der Waals surface area contributed by atoms with E-state index < -0.39 is 0 Å². The van der Waals surface area contributed by atoms with E-state index in [-0.39, 0.29) is 12.1 Å². The molecular formula is C28H36FN5OS. The number of aromatic nitrogens is 4. The summed E-state index contributed by atoms with van der Waals surface area (Å²) in [7, 11) is 1.00. The standard InChI is InChI=1S/C27H32FN5S.CH4O/c1-5-7-16-32(15-6-2)27-24-25(29-20(4)30-27)31-26(22-10-8-9-19(3)17-22)33(24)18-21-11-13-23(34-28)14-12-21;1-2/h8-14,17H,5-7,15-16,18H2,1-4H3;2H,1H3. The first-order valence-electron chi connectivity index (χ1n) is 12.4. The van der Waals surface area contributed by atoms with Crippen molar-refractivity contribution in [3.63, 3.8) is 0 Å². The van der Waals surface area contributed by atoms with Crippen LogP contribution in [0.15, 0.2) is 53.4 Å². The van der Waals surface area contributed by atoms with E-state index in [0.717, 1.165) is 73.6 Å². The van der Waals surface area contributed by atoms with E-state index in [2.05, 4.69) is 54.5 Å². The van der Waals surface area contributed by atoms with Crippen LogP contribution in [0.1, 0.15) is 50.1 Å². The summed E-state index contributed by atoms with van der Waals surface area (Å²) in [4.78, 5) is 17.7. The van der Waals surface area contributed by atoms with Crippen molar-refractivity contribution in [1.82, 2.24) is 19.5 Å². The molecule has 2 aromatic carbocycles. The van der Waals surface area contributed by atoms with Gasteiger partial charge in [0.1, 0.15) is 17.2 Å². The Balaban J connectivity index is 0.00000176. The summed E-state index contributed by atoms with van der Waals surface area (Å²) in [6, 6.07) is 16.0. The fraction of sp³-hybridized carbons (Fsp3) is 0.393. The predicted octanol–water partition coefficient (Wildman–Crippen LogP) is 6.76. The Morgan fingerprint density at radius 3 is 2.33 bits per heavy atom. The first-order valence-corrected chi connectivity index (χ1v) is 13.1. The molecule has 8 heteroatoms. The van der Waals surface area contributed by atoms with Gasteiger partial charge in [0.25, 0.3) is 0 Å².